The molecule has 0 bridgehead atoms. The lowest BCUT2D eigenvalue weighted by molar-refractivity contribution is -0.130. The summed E-state index contributed by atoms with van der Waals surface area (Å²) in [5.74, 6) is 0.629. The zero-order chi connectivity index (χ0) is 18.5. The van der Waals surface area contributed by atoms with Gasteiger partial charge in [0.05, 0.1) is 23.9 Å². The maximum atomic E-state index is 13.3. The van der Waals surface area contributed by atoms with Crippen molar-refractivity contribution in [3.05, 3.63) is 72.4 Å². The Bertz CT molecular complexity index is 888. The van der Waals surface area contributed by atoms with Crippen LogP contribution < -0.4 is 5.32 Å². The van der Waals surface area contributed by atoms with Crippen molar-refractivity contribution in [2.75, 3.05) is 13.2 Å². The molecule has 0 radical (unpaired) electrons. The van der Waals surface area contributed by atoms with Crippen LogP contribution in [0.15, 0.2) is 65.5 Å². The molecule has 0 atom stereocenters. The average Bonchev–Trinajstić information content (AvgIpc) is 3.28. The van der Waals surface area contributed by atoms with Gasteiger partial charge in [-0.15, -0.1) is 0 Å². The molecule has 1 saturated heterocycles. The highest BCUT2D eigenvalue weighted by molar-refractivity contribution is 5.88. The van der Waals surface area contributed by atoms with Crippen LogP contribution in [0.25, 0.3) is 11.5 Å². The molecule has 1 aliphatic heterocycles. The first-order chi connectivity index (χ1) is 13.3. The van der Waals surface area contributed by atoms with Crippen LogP contribution in [0.1, 0.15) is 24.1 Å². The predicted octanol–water partition coefficient (Wildman–Crippen LogP) is 3.10. The summed E-state index contributed by atoms with van der Waals surface area (Å²) in [7, 11) is 0. The Morgan fingerprint density at radius 3 is 2.56 bits per heavy atom. The topological polar surface area (TPSA) is 77.3 Å². The van der Waals surface area contributed by atoms with Gasteiger partial charge in [-0.1, -0.05) is 30.3 Å². The molecule has 3 aromatic rings. The minimum Gasteiger partial charge on any atom is -0.463 e. The fourth-order valence-corrected chi connectivity index (χ4v) is 3.57. The Labute approximate surface area is 157 Å². The summed E-state index contributed by atoms with van der Waals surface area (Å²) in [5, 5.41) is 3.07. The molecule has 0 spiro atoms. The summed E-state index contributed by atoms with van der Waals surface area (Å²) in [5.41, 5.74) is 1.77. The van der Waals surface area contributed by atoms with Crippen LogP contribution in [0.3, 0.4) is 0 Å². The van der Waals surface area contributed by atoms with Crippen molar-refractivity contribution in [3.63, 3.8) is 0 Å². The number of aromatic nitrogens is 2. The molecule has 6 nitrogen and oxygen atoms in total. The van der Waals surface area contributed by atoms with E-state index in [2.05, 4.69) is 15.3 Å². The van der Waals surface area contributed by atoms with E-state index in [1.165, 1.54) is 0 Å². The highest BCUT2D eigenvalue weighted by Gasteiger charge is 2.41. The molecule has 0 unspecified atom stereocenters. The van der Waals surface area contributed by atoms with Gasteiger partial charge in [0, 0.05) is 25.6 Å². The van der Waals surface area contributed by atoms with Crippen molar-refractivity contribution in [2.24, 2.45) is 0 Å². The van der Waals surface area contributed by atoms with E-state index in [-0.39, 0.29) is 12.5 Å². The van der Waals surface area contributed by atoms with Crippen LogP contribution >= 0.6 is 0 Å². The number of nitrogens with zero attached hydrogens (tertiary/aromatic N) is 2. The molecular formula is C21H21N3O3. The molecule has 1 amide bonds. The third-order valence-electron chi connectivity index (χ3n) is 5.05. The number of furan rings is 1. The highest BCUT2D eigenvalue weighted by Crippen LogP contribution is 2.35. The van der Waals surface area contributed by atoms with Crippen LogP contribution in [-0.2, 0) is 21.5 Å². The second-order valence-corrected chi connectivity index (χ2v) is 6.57. The first kappa shape index (κ1) is 17.4. The fraction of sp³-hybridized carbons (Fsp3) is 0.286. The summed E-state index contributed by atoms with van der Waals surface area (Å²) in [6.45, 7) is 1.44. The average molecular weight is 363 g/mol. The molecule has 27 heavy (non-hydrogen) atoms. The standard InChI is InChI=1S/C21H21N3O3/c25-20(21(8-13-26-14-9-21)16-5-2-1-3-6-16)24-15-17-19(23-11-10-22-17)18-7-4-12-27-18/h1-7,10-12H,8-9,13-15H2,(H,24,25). The Hall–Kier alpha value is -2.99. The zero-order valence-electron chi connectivity index (χ0n) is 14.9. The number of nitrogens with one attached hydrogen (secondary N) is 1. The summed E-state index contributed by atoms with van der Waals surface area (Å²) in [4.78, 5) is 22.0. The minimum absolute atomic E-state index is 0.00644. The largest absolute Gasteiger partial charge is 0.463 e. The maximum Gasteiger partial charge on any atom is 0.231 e. The van der Waals surface area contributed by atoms with Crippen LogP contribution in [0, 0.1) is 0 Å². The third kappa shape index (κ3) is 3.48. The molecule has 0 saturated carbocycles. The first-order valence-electron chi connectivity index (χ1n) is 9.05. The van der Waals surface area contributed by atoms with Gasteiger partial charge < -0.3 is 14.5 Å². The minimum atomic E-state index is -0.577. The van der Waals surface area contributed by atoms with Gasteiger partial charge in [0.2, 0.25) is 5.91 Å². The number of hydrogen-bond donors (Lipinski definition) is 1. The third-order valence-corrected chi connectivity index (χ3v) is 5.05. The van der Waals surface area contributed by atoms with Gasteiger partial charge in [-0.3, -0.25) is 9.78 Å². The number of hydrogen-bond acceptors (Lipinski definition) is 5. The lowest BCUT2D eigenvalue weighted by Gasteiger charge is -2.36. The van der Waals surface area contributed by atoms with Crippen LogP contribution in [0.5, 0.6) is 0 Å². The second kappa shape index (κ2) is 7.72. The van der Waals surface area contributed by atoms with Gasteiger partial charge in [-0.05, 0) is 30.5 Å². The van der Waals surface area contributed by atoms with E-state index in [4.69, 9.17) is 9.15 Å². The predicted molar refractivity (Wildman–Crippen MR) is 99.8 cm³/mol. The summed E-state index contributed by atoms with van der Waals surface area (Å²) < 4.78 is 11.0. The maximum absolute atomic E-state index is 13.3. The normalized spacial score (nSPS) is 16.0. The van der Waals surface area contributed by atoms with Gasteiger partial charge in [0.25, 0.3) is 0 Å². The van der Waals surface area contributed by atoms with Gasteiger partial charge >= 0.3 is 0 Å². The number of rotatable bonds is 5. The molecule has 138 valence electrons. The lowest BCUT2D eigenvalue weighted by atomic mass is 9.73. The summed E-state index contributed by atoms with van der Waals surface area (Å²) in [6.07, 6.45) is 6.16. The molecule has 1 N–H and O–H groups in total. The zero-order valence-corrected chi connectivity index (χ0v) is 14.9. The van der Waals surface area contributed by atoms with E-state index in [1.54, 1.807) is 24.7 Å². The molecule has 4 rings (SSSR count). The molecule has 1 fully saturated rings. The second-order valence-electron chi connectivity index (χ2n) is 6.57. The smallest absolute Gasteiger partial charge is 0.231 e. The Kier molecular flexibility index (Phi) is 4.98. The molecule has 2 aromatic heterocycles. The summed E-state index contributed by atoms with van der Waals surface area (Å²) in [6, 6.07) is 13.6. The van der Waals surface area contributed by atoms with Crippen molar-refractivity contribution in [1.82, 2.24) is 15.3 Å². The molecule has 1 aromatic carbocycles. The lowest BCUT2D eigenvalue weighted by Crippen LogP contribution is -2.47. The van der Waals surface area contributed by atoms with Crippen molar-refractivity contribution in [3.8, 4) is 11.5 Å². The van der Waals surface area contributed by atoms with Crippen molar-refractivity contribution in [2.45, 2.75) is 24.8 Å². The van der Waals surface area contributed by atoms with Gasteiger partial charge in [-0.25, -0.2) is 4.98 Å². The Morgan fingerprint density at radius 2 is 1.81 bits per heavy atom. The molecule has 1 aliphatic rings. The van der Waals surface area contributed by atoms with E-state index in [0.29, 0.717) is 43.2 Å². The molecule has 3 heterocycles. The van der Waals surface area contributed by atoms with Crippen molar-refractivity contribution >= 4 is 5.91 Å². The highest BCUT2D eigenvalue weighted by atomic mass is 16.5. The number of ether oxygens (including phenoxy) is 1. The van der Waals surface area contributed by atoms with E-state index >= 15 is 0 Å². The Morgan fingerprint density at radius 1 is 1.04 bits per heavy atom. The number of amides is 1. The monoisotopic (exact) mass is 363 g/mol. The van der Waals surface area contributed by atoms with Crippen LogP contribution in [-0.4, -0.2) is 29.1 Å². The van der Waals surface area contributed by atoms with E-state index in [1.807, 2.05) is 36.4 Å². The van der Waals surface area contributed by atoms with Crippen LogP contribution in [0.2, 0.25) is 0 Å². The summed E-state index contributed by atoms with van der Waals surface area (Å²) >= 11 is 0. The SMILES string of the molecule is O=C(NCc1nccnc1-c1ccco1)C1(c2ccccc2)CCOCC1. The molecule has 0 aliphatic carbocycles. The number of carbonyl (C=O) groups excluding carboxylic acids is 1. The van der Waals surface area contributed by atoms with Crippen molar-refractivity contribution < 1.29 is 13.9 Å². The van der Waals surface area contributed by atoms with Gasteiger partial charge in [0.1, 0.15) is 5.69 Å². The van der Waals surface area contributed by atoms with Crippen LogP contribution in [0.4, 0.5) is 0 Å². The fourth-order valence-electron chi connectivity index (χ4n) is 3.57. The van der Waals surface area contributed by atoms with E-state index in [9.17, 15) is 4.79 Å². The van der Waals surface area contributed by atoms with Gasteiger partial charge in [0.15, 0.2) is 5.76 Å². The van der Waals surface area contributed by atoms with E-state index in [0.717, 1.165) is 5.56 Å². The number of benzene rings is 1. The quantitative estimate of drug-likeness (QED) is 0.754. The first-order valence-corrected chi connectivity index (χ1v) is 9.05. The molecule has 6 heteroatoms. The Balaban J connectivity index is 1.57. The number of carbonyl (C=O) groups is 1. The van der Waals surface area contributed by atoms with E-state index < -0.39 is 5.41 Å². The van der Waals surface area contributed by atoms with Gasteiger partial charge in [-0.2, -0.15) is 0 Å². The molecular weight excluding hydrogens is 342 g/mol. The van der Waals surface area contributed by atoms with Crippen molar-refractivity contribution in [1.29, 1.82) is 0 Å².